The molecule has 1 heterocycles. The molecule has 0 aliphatic heterocycles. The van der Waals surface area contributed by atoms with Gasteiger partial charge in [-0.25, -0.2) is 13.4 Å². The summed E-state index contributed by atoms with van der Waals surface area (Å²) < 4.78 is 28.4. The predicted molar refractivity (Wildman–Crippen MR) is 141 cm³/mol. The molecule has 5 aromatic rings. The number of para-hydroxylation sites is 1. The number of rotatable bonds is 7. The smallest absolute Gasteiger partial charge is 0.261 e. The summed E-state index contributed by atoms with van der Waals surface area (Å²) in [7, 11) is -3.72. The Kier molecular flexibility index (Phi) is 6.03. The maximum Gasteiger partial charge on any atom is 0.261 e. The molecule has 7 nitrogen and oxygen atoms in total. The molecule has 3 N–H and O–H groups in total. The highest BCUT2D eigenvalue weighted by molar-refractivity contribution is 7.92. The zero-order valence-corrected chi connectivity index (χ0v) is 19.8. The van der Waals surface area contributed by atoms with E-state index in [2.05, 4.69) is 25.3 Å². The summed E-state index contributed by atoms with van der Waals surface area (Å²) in [5, 5.41) is 8.30. The SMILES string of the molecule is Cc1cc(Nc2ccccc2)nc(Nc2ccc(NS(=O)(=O)c3ccc4ccccc4c3)cc2)n1. The Labute approximate surface area is 203 Å². The third kappa shape index (κ3) is 5.39. The van der Waals surface area contributed by atoms with Crippen molar-refractivity contribution in [2.75, 3.05) is 15.4 Å². The summed E-state index contributed by atoms with van der Waals surface area (Å²) in [6.07, 6.45) is 0. The van der Waals surface area contributed by atoms with Crippen molar-refractivity contribution in [1.82, 2.24) is 9.97 Å². The first-order valence-corrected chi connectivity index (χ1v) is 12.5. The Morgan fingerprint density at radius 3 is 2.06 bits per heavy atom. The van der Waals surface area contributed by atoms with Crippen LogP contribution in [0, 0.1) is 6.92 Å². The van der Waals surface area contributed by atoms with E-state index >= 15 is 0 Å². The number of fused-ring (bicyclic) bond motifs is 1. The van der Waals surface area contributed by atoms with Crippen LogP contribution in [0.5, 0.6) is 0 Å². The largest absolute Gasteiger partial charge is 0.340 e. The predicted octanol–water partition coefficient (Wildman–Crippen LogP) is 6.23. The fourth-order valence-corrected chi connectivity index (χ4v) is 4.75. The molecule has 5 rings (SSSR count). The molecule has 0 saturated carbocycles. The summed E-state index contributed by atoms with van der Waals surface area (Å²) >= 11 is 0. The van der Waals surface area contributed by atoms with Crippen LogP contribution in [0.1, 0.15) is 5.69 Å². The molecule has 4 aromatic carbocycles. The Morgan fingerprint density at radius 1 is 0.629 bits per heavy atom. The van der Waals surface area contributed by atoms with Crippen LogP contribution in [-0.2, 0) is 10.0 Å². The van der Waals surface area contributed by atoms with Crippen molar-refractivity contribution in [3.8, 4) is 0 Å². The van der Waals surface area contributed by atoms with Crippen LogP contribution in [0.15, 0.2) is 108 Å². The van der Waals surface area contributed by atoms with Crippen molar-refractivity contribution >= 4 is 49.6 Å². The highest BCUT2D eigenvalue weighted by Crippen LogP contribution is 2.24. The zero-order chi connectivity index (χ0) is 24.3. The Balaban J connectivity index is 1.30. The van der Waals surface area contributed by atoms with Crippen molar-refractivity contribution in [2.24, 2.45) is 0 Å². The van der Waals surface area contributed by atoms with E-state index in [9.17, 15) is 8.42 Å². The van der Waals surface area contributed by atoms with E-state index in [0.717, 1.165) is 27.8 Å². The molecule has 0 amide bonds. The van der Waals surface area contributed by atoms with Crippen molar-refractivity contribution in [2.45, 2.75) is 11.8 Å². The highest BCUT2D eigenvalue weighted by Gasteiger charge is 2.15. The topological polar surface area (TPSA) is 96.0 Å². The average Bonchev–Trinajstić information content (AvgIpc) is 2.85. The lowest BCUT2D eigenvalue weighted by Gasteiger charge is -2.12. The molecule has 0 unspecified atom stereocenters. The number of hydrogen-bond donors (Lipinski definition) is 3. The standard InChI is InChI=1S/C27H23N5O2S/c1-19-17-26(29-22-9-3-2-4-10-22)31-27(28-19)30-23-12-14-24(15-13-23)32-35(33,34)25-16-11-20-7-5-6-8-21(20)18-25/h2-18,32H,1H3,(H2,28,29,30,31). The van der Waals surface area contributed by atoms with Crippen molar-refractivity contribution in [1.29, 1.82) is 0 Å². The number of hydrogen-bond acceptors (Lipinski definition) is 6. The quantitative estimate of drug-likeness (QED) is 0.255. The summed E-state index contributed by atoms with van der Waals surface area (Å²) in [6.45, 7) is 1.90. The molecule has 0 radical (unpaired) electrons. The van der Waals surface area contributed by atoms with Crippen molar-refractivity contribution < 1.29 is 8.42 Å². The lowest BCUT2D eigenvalue weighted by Crippen LogP contribution is -2.12. The number of nitrogens with one attached hydrogen (secondary N) is 3. The van der Waals surface area contributed by atoms with Crippen molar-refractivity contribution in [3.63, 3.8) is 0 Å². The van der Waals surface area contributed by atoms with Gasteiger partial charge in [-0.3, -0.25) is 4.72 Å². The van der Waals surface area contributed by atoms with Crippen LogP contribution in [0.4, 0.5) is 28.8 Å². The second-order valence-electron chi connectivity index (χ2n) is 8.03. The lowest BCUT2D eigenvalue weighted by atomic mass is 10.1. The molecular formula is C27H23N5O2S. The van der Waals surface area contributed by atoms with Gasteiger partial charge in [0.05, 0.1) is 4.90 Å². The fourth-order valence-electron chi connectivity index (χ4n) is 3.66. The van der Waals surface area contributed by atoms with Gasteiger partial charge >= 0.3 is 0 Å². The van der Waals surface area contributed by atoms with Crippen LogP contribution in [0.2, 0.25) is 0 Å². The summed E-state index contributed by atoms with van der Waals surface area (Å²) in [6, 6.07) is 31.3. The molecule has 0 aliphatic carbocycles. The van der Waals surface area contributed by atoms with Crippen LogP contribution >= 0.6 is 0 Å². The van der Waals surface area contributed by atoms with Crippen LogP contribution in [-0.4, -0.2) is 18.4 Å². The van der Waals surface area contributed by atoms with Gasteiger partial charge in [0.25, 0.3) is 10.0 Å². The van der Waals surface area contributed by atoms with Crippen LogP contribution in [0.3, 0.4) is 0 Å². The van der Waals surface area contributed by atoms with E-state index in [1.165, 1.54) is 0 Å². The van der Waals surface area contributed by atoms with Gasteiger partial charge in [-0.15, -0.1) is 0 Å². The van der Waals surface area contributed by atoms with E-state index in [0.29, 0.717) is 17.5 Å². The Bertz CT molecular complexity index is 1590. The number of sulfonamides is 1. The number of anilines is 5. The molecule has 0 bridgehead atoms. The minimum atomic E-state index is -3.72. The highest BCUT2D eigenvalue weighted by atomic mass is 32.2. The van der Waals surface area contributed by atoms with Gasteiger partial charge in [0.2, 0.25) is 5.95 Å². The van der Waals surface area contributed by atoms with Crippen molar-refractivity contribution in [3.05, 3.63) is 109 Å². The monoisotopic (exact) mass is 481 g/mol. The molecule has 0 fully saturated rings. The third-order valence-electron chi connectivity index (χ3n) is 5.32. The van der Waals surface area contributed by atoms with Gasteiger partial charge < -0.3 is 10.6 Å². The zero-order valence-electron chi connectivity index (χ0n) is 18.9. The first kappa shape index (κ1) is 22.4. The third-order valence-corrected chi connectivity index (χ3v) is 6.70. The molecule has 0 spiro atoms. The second kappa shape index (κ2) is 9.44. The van der Waals surface area contributed by atoms with E-state index in [-0.39, 0.29) is 4.90 Å². The van der Waals surface area contributed by atoms with Gasteiger partial charge in [0.15, 0.2) is 0 Å². The van der Waals surface area contributed by atoms with Gasteiger partial charge in [0, 0.05) is 28.8 Å². The van der Waals surface area contributed by atoms with E-state index in [4.69, 9.17) is 0 Å². The molecular weight excluding hydrogens is 458 g/mol. The first-order chi connectivity index (χ1) is 16.9. The maximum atomic E-state index is 12.9. The first-order valence-electron chi connectivity index (χ1n) is 11.0. The van der Waals surface area contributed by atoms with Gasteiger partial charge in [-0.2, -0.15) is 4.98 Å². The minimum absolute atomic E-state index is 0.213. The van der Waals surface area contributed by atoms with E-state index < -0.39 is 10.0 Å². The molecule has 174 valence electrons. The number of aromatic nitrogens is 2. The number of aryl methyl sites for hydroxylation is 1. The lowest BCUT2D eigenvalue weighted by molar-refractivity contribution is 0.601. The van der Waals surface area contributed by atoms with Crippen LogP contribution < -0.4 is 15.4 Å². The number of nitrogens with zero attached hydrogens (tertiary/aromatic N) is 2. The number of benzene rings is 4. The summed E-state index contributed by atoms with van der Waals surface area (Å²) in [5.41, 5.74) is 2.93. The average molecular weight is 482 g/mol. The minimum Gasteiger partial charge on any atom is -0.340 e. The van der Waals surface area contributed by atoms with Gasteiger partial charge in [0.1, 0.15) is 5.82 Å². The second-order valence-corrected chi connectivity index (χ2v) is 9.71. The van der Waals surface area contributed by atoms with Crippen LogP contribution in [0.25, 0.3) is 10.8 Å². The molecule has 1 aromatic heterocycles. The maximum absolute atomic E-state index is 12.9. The van der Waals surface area contributed by atoms with E-state index in [1.54, 1.807) is 42.5 Å². The molecule has 0 saturated heterocycles. The van der Waals surface area contributed by atoms with Gasteiger partial charge in [-0.05, 0) is 66.2 Å². The van der Waals surface area contributed by atoms with E-state index in [1.807, 2.05) is 67.6 Å². The molecule has 35 heavy (non-hydrogen) atoms. The molecule has 0 aliphatic rings. The summed E-state index contributed by atoms with van der Waals surface area (Å²) in [5.74, 6) is 1.11. The molecule has 8 heteroatoms. The fraction of sp³-hybridized carbons (Fsp3) is 0.0370. The Hall–Kier alpha value is -4.43. The molecule has 0 atom stereocenters. The Morgan fingerprint density at radius 2 is 1.29 bits per heavy atom. The summed E-state index contributed by atoms with van der Waals surface area (Å²) in [4.78, 5) is 9.18. The van der Waals surface area contributed by atoms with Gasteiger partial charge in [-0.1, -0.05) is 48.5 Å². The normalized spacial score (nSPS) is 11.2.